The second-order valence-electron chi connectivity index (χ2n) is 7.79. The lowest BCUT2D eigenvalue weighted by atomic mass is 10.1. The van der Waals surface area contributed by atoms with Crippen LogP contribution in [-0.2, 0) is 11.3 Å². The van der Waals surface area contributed by atoms with Crippen LogP contribution in [0.2, 0.25) is 0 Å². The molecule has 0 aliphatic carbocycles. The summed E-state index contributed by atoms with van der Waals surface area (Å²) in [5, 5.41) is 9.60. The topological polar surface area (TPSA) is 48.9 Å². The van der Waals surface area contributed by atoms with Gasteiger partial charge in [0.1, 0.15) is 0 Å². The molecule has 0 bridgehead atoms. The number of nitrogens with one attached hydrogen (secondary N) is 2. The van der Waals surface area contributed by atoms with Gasteiger partial charge in [0.2, 0.25) is 0 Å². The number of likely N-dealkylation sites (tertiary alicyclic amines) is 1. The van der Waals surface area contributed by atoms with Crippen molar-refractivity contribution < 1.29 is 4.74 Å². The molecule has 28 heavy (non-hydrogen) atoms. The summed E-state index contributed by atoms with van der Waals surface area (Å²) in [6, 6.07) is 15.6. The first-order valence-corrected chi connectivity index (χ1v) is 10.4. The van der Waals surface area contributed by atoms with Gasteiger partial charge in [-0.2, -0.15) is 0 Å². The molecule has 5 heteroatoms. The number of rotatable bonds is 7. The van der Waals surface area contributed by atoms with Crippen LogP contribution in [0.15, 0.2) is 47.5 Å². The summed E-state index contributed by atoms with van der Waals surface area (Å²) in [4.78, 5) is 6.90. The van der Waals surface area contributed by atoms with Gasteiger partial charge in [0.25, 0.3) is 0 Å². The smallest absolute Gasteiger partial charge is 0.191 e. The number of hydrogen-bond donors (Lipinski definition) is 2. The van der Waals surface area contributed by atoms with Crippen LogP contribution >= 0.6 is 0 Å². The molecular weight excluding hydrogens is 348 g/mol. The van der Waals surface area contributed by atoms with Gasteiger partial charge in [-0.15, -0.1) is 0 Å². The third-order valence-corrected chi connectivity index (χ3v) is 5.28. The normalized spacial score (nSPS) is 16.6. The molecule has 0 aromatic heterocycles. The lowest BCUT2D eigenvalue weighted by Crippen LogP contribution is -2.49. The van der Waals surface area contributed by atoms with E-state index in [1.165, 1.54) is 16.3 Å². The highest BCUT2D eigenvalue weighted by atomic mass is 16.5. The monoisotopic (exact) mass is 382 g/mol. The first-order valence-electron chi connectivity index (χ1n) is 10.4. The molecule has 2 N–H and O–H groups in total. The largest absolute Gasteiger partial charge is 0.377 e. The van der Waals surface area contributed by atoms with Crippen LogP contribution in [0, 0.1) is 0 Å². The van der Waals surface area contributed by atoms with E-state index < -0.39 is 0 Å². The molecule has 2 aromatic carbocycles. The van der Waals surface area contributed by atoms with Crippen molar-refractivity contribution in [2.75, 3.05) is 33.3 Å². The maximum atomic E-state index is 5.67. The van der Waals surface area contributed by atoms with Gasteiger partial charge < -0.3 is 20.3 Å². The highest BCUT2D eigenvalue weighted by Crippen LogP contribution is 2.15. The van der Waals surface area contributed by atoms with Crippen molar-refractivity contribution >= 4 is 16.7 Å². The Kier molecular flexibility index (Phi) is 7.69. The highest BCUT2D eigenvalue weighted by molar-refractivity contribution is 5.83. The predicted octanol–water partition coefficient (Wildman–Crippen LogP) is 3.39. The molecule has 1 aliphatic heterocycles. The van der Waals surface area contributed by atoms with E-state index in [1.54, 1.807) is 0 Å². The molecule has 0 amide bonds. The van der Waals surface area contributed by atoms with Crippen LogP contribution in [0.1, 0.15) is 32.3 Å². The molecule has 1 aliphatic rings. The first kappa shape index (κ1) is 20.6. The molecule has 0 saturated carbocycles. The SMILES string of the molecule is CN=C(NCc1ccc2ccccc2c1)NC1CCN(CCOC(C)C)CC1. The quantitative estimate of drug-likeness (QED) is 0.569. The van der Waals surface area contributed by atoms with Crippen molar-refractivity contribution in [3.63, 3.8) is 0 Å². The number of guanidine groups is 1. The lowest BCUT2D eigenvalue weighted by molar-refractivity contribution is 0.0532. The van der Waals surface area contributed by atoms with Gasteiger partial charge in [-0.25, -0.2) is 0 Å². The molecule has 152 valence electrons. The molecule has 0 unspecified atom stereocenters. The number of aliphatic imine (C=N–C) groups is 1. The van der Waals surface area contributed by atoms with E-state index in [4.69, 9.17) is 4.74 Å². The van der Waals surface area contributed by atoms with Gasteiger partial charge in [0.05, 0.1) is 12.7 Å². The maximum Gasteiger partial charge on any atom is 0.191 e. The number of fused-ring (bicyclic) bond motifs is 1. The van der Waals surface area contributed by atoms with Gasteiger partial charge in [0.15, 0.2) is 5.96 Å². The molecular formula is C23H34N4O. The fraction of sp³-hybridized carbons (Fsp3) is 0.522. The van der Waals surface area contributed by atoms with Crippen molar-refractivity contribution in [3.8, 4) is 0 Å². The van der Waals surface area contributed by atoms with E-state index in [0.29, 0.717) is 12.1 Å². The lowest BCUT2D eigenvalue weighted by Gasteiger charge is -2.33. The zero-order valence-corrected chi connectivity index (χ0v) is 17.4. The summed E-state index contributed by atoms with van der Waals surface area (Å²) < 4.78 is 5.67. The van der Waals surface area contributed by atoms with Gasteiger partial charge in [-0.05, 0) is 49.1 Å². The van der Waals surface area contributed by atoms with Gasteiger partial charge in [-0.1, -0.05) is 36.4 Å². The van der Waals surface area contributed by atoms with E-state index >= 15 is 0 Å². The van der Waals surface area contributed by atoms with Gasteiger partial charge in [0, 0.05) is 39.3 Å². The fourth-order valence-corrected chi connectivity index (χ4v) is 3.64. The molecule has 3 rings (SSSR count). The summed E-state index contributed by atoms with van der Waals surface area (Å²) in [6.07, 6.45) is 2.59. The molecule has 1 heterocycles. The van der Waals surface area contributed by atoms with Gasteiger partial charge >= 0.3 is 0 Å². The minimum atomic E-state index is 0.316. The molecule has 0 spiro atoms. The summed E-state index contributed by atoms with van der Waals surface area (Å²) in [5.74, 6) is 0.884. The minimum absolute atomic E-state index is 0.316. The van der Waals surface area contributed by atoms with Crippen LogP contribution in [-0.4, -0.2) is 56.3 Å². The molecule has 1 saturated heterocycles. The Labute approximate surface area is 169 Å². The highest BCUT2D eigenvalue weighted by Gasteiger charge is 2.19. The van der Waals surface area contributed by atoms with E-state index in [1.807, 2.05) is 7.05 Å². The van der Waals surface area contributed by atoms with Crippen molar-refractivity contribution in [2.45, 2.75) is 45.4 Å². The van der Waals surface area contributed by atoms with Crippen LogP contribution in [0.4, 0.5) is 0 Å². The number of ether oxygens (including phenoxy) is 1. The molecule has 0 radical (unpaired) electrons. The Morgan fingerprint density at radius 1 is 1.14 bits per heavy atom. The van der Waals surface area contributed by atoms with E-state index in [9.17, 15) is 0 Å². The fourth-order valence-electron chi connectivity index (χ4n) is 3.64. The molecule has 2 aromatic rings. The van der Waals surface area contributed by atoms with Crippen LogP contribution < -0.4 is 10.6 Å². The Hall–Kier alpha value is -2.11. The van der Waals surface area contributed by atoms with Crippen molar-refractivity contribution in [2.24, 2.45) is 4.99 Å². The third-order valence-electron chi connectivity index (χ3n) is 5.28. The summed E-state index contributed by atoms with van der Waals surface area (Å²) in [7, 11) is 1.84. The van der Waals surface area contributed by atoms with Crippen LogP contribution in [0.5, 0.6) is 0 Å². The molecule has 0 atom stereocenters. The van der Waals surface area contributed by atoms with Crippen LogP contribution in [0.3, 0.4) is 0 Å². The average Bonchev–Trinajstić information content (AvgIpc) is 2.72. The van der Waals surface area contributed by atoms with E-state index in [-0.39, 0.29) is 0 Å². The third kappa shape index (κ3) is 6.21. The Morgan fingerprint density at radius 3 is 2.61 bits per heavy atom. The van der Waals surface area contributed by atoms with Crippen LogP contribution in [0.25, 0.3) is 10.8 Å². The standard InChI is InChI=1S/C23H34N4O/c1-18(2)28-15-14-27-12-10-22(11-13-27)26-23(24-3)25-17-19-8-9-20-6-4-5-7-21(20)16-19/h4-9,16,18,22H,10-15,17H2,1-3H3,(H2,24,25,26). The van der Waals surface area contributed by atoms with E-state index in [0.717, 1.165) is 51.6 Å². The van der Waals surface area contributed by atoms with Crippen molar-refractivity contribution in [1.82, 2.24) is 15.5 Å². The first-order chi connectivity index (χ1) is 13.6. The van der Waals surface area contributed by atoms with E-state index in [2.05, 4.69) is 76.8 Å². The Morgan fingerprint density at radius 2 is 1.89 bits per heavy atom. The minimum Gasteiger partial charge on any atom is -0.377 e. The Balaban J connectivity index is 1.42. The number of hydrogen-bond acceptors (Lipinski definition) is 3. The van der Waals surface area contributed by atoms with Gasteiger partial charge in [-0.3, -0.25) is 4.99 Å². The summed E-state index contributed by atoms with van der Waals surface area (Å²) in [6.45, 7) is 9.03. The maximum absolute atomic E-state index is 5.67. The second kappa shape index (κ2) is 10.4. The second-order valence-corrected chi connectivity index (χ2v) is 7.79. The molecule has 5 nitrogen and oxygen atoms in total. The zero-order valence-electron chi connectivity index (χ0n) is 17.4. The summed E-state index contributed by atoms with van der Waals surface area (Å²) >= 11 is 0. The predicted molar refractivity (Wildman–Crippen MR) is 118 cm³/mol. The van der Waals surface area contributed by atoms with Crippen molar-refractivity contribution in [1.29, 1.82) is 0 Å². The Bertz CT molecular complexity index is 766. The molecule has 1 fully saturated rings. The average molecular weight is 383 g/mol. The number of benzene rings is 2. The number of piperidine rings is 1. The number of nitrogens with zero attached hydrogens (tertiary/aromatic N) is 2. The summed E-state index contributed by atoms with van der Waals surface area (Å²) in [5.41, 5.74) is 1.27. The van der Waals surface area contributed by atoms with Crippen molar-refractivity contribution in [3.05, 3.63) is 48.0 Å². The zero-order chi connectivity index (χ0) is 19.8.